The molecule has 0 aromatic rings. The molecule has 0 aliphatic carbocycles. The van der Waals surface area contributed by atoms with Crippen molar-refractivity contribution < 1.29 is 39.8 Å². The van der Waals surface area contributed by atoms with Gasteiger partial charge < -0.3 is 40.3 Å². The normalized spacial score (nSPS) is 20.4. The van der Waals surface area contributed by atoms with Crippen molar-refractivity contribution in [2.75, 3.05) is 13.2 Å². The Labute approximate surface area is 387 Å². The van der Waals surface area contributed by atoms with Crippen molar-refractivity contribution in [1.82, 2.24) is 5.32 Å². The molecular weight excluding hydrogens is 791 g/mol. The number of carbonyl (C=O) groups is 1. The standard InChI is InChI=1S/C54H101NO8/c1-3-5-7-9-11-13-15-17-18-19-20-21-22-23-24-25-26-27-28-29-30-32-34-36-38-40-42-44-50(58)55-47(46-62-54-53(61)52(60)51(59)49(45-56)63-54)48(57)43-41-39-37-35-33-31-16-14-12-10-8-6-4-2/h15,17,19-20,41,43,47-49,51-54,56-57,59-61H,3-14,16,18,21-40,42,44-46H2,1-2H3,(H,55,58)/b17-15-,20-19-,43-41+. The van der Waals surface area contributed by atoms with Crippen LogP contribution in [0.2, 0.25) is 0 Å². The summed E-state index contributed by atoms with van der Waals surface area (Å²) in [5, 5.41) is 54.3. The number of ether oxygens (including phenoxy) is 2. The number of aliphatic hydroxyl groups is 5. The van der Waals surface area contributed by atoms with E-state index in [-0.39, 0.29) is 12.5 Å². The smallest absolute Gasteiger partial charge is 0.220 e. The summed E-state index contributed by atoms with van der Waals surface area (Å²) in [4.78, 5) is 13.0. The molecule has 0 aromatic heterocycles. The van der Waals surface area contributed by atoms with Crippen LogP contribution in [0.1, 0.15) is 245 Å². The second kappa shape index (κ2) is 44.3. The van der Waals surface area contributed by atoms with Gasteiger partial charge in [-0.2, -0.15) is 0 Å². The van der Waals surface area contributed by atoms with Crippen LogP contribution in [0.15, 0.2) is 36.5 Å². The fraction of sp³-hybridized carbons (Fsp3) is 0.870. The molecule has 1 rings (SSSR count). The predicted octanol–water partition coefficient (Wildman–Crippen LogP) is 12.4. The van der Waals surface area contributed by atoms with Crippen LogP contribution < -0.4 is 5.32 Å². The molecular formula is C54H101NO8. The molecule has 0 saturated carbocycles. The monoisotopic (exact) mass is 892 g/mol. The first-order valence-electron chi connectivity index (χ1n) is 26.7. The van der Waals surface area contributed by atoms with Crippen LogP contribution in [-0.4, -0.2) is 87.5 Å². The molecule has 0 spiro atoms. The average molecular weight is 892 g/mol. The lowest BCUT2D eigenvalue weighted by molar-refractivity contribution is -0.302. The summed E-state index contributed by atoms with van der Waals surface area (Å²) in [5.41, 5.74) is 0. The van der Waals surface area contributed by atoms with Gasteiger partial charge in [0.1, 0.15) is 24.4 Å². The second-order valence-electron chi connectivity index (χ2n) is 18.7. The van der Waals surface area contributed by atoms with E-state index < -0.39 is 49.5 Å². The van der Waals surface area contributed by atoms with Gasteiger partial charge in [-0.3, -0.25) is 4.79 Å². The maximum atomic E-state index is 13.0. The zero-order chi connectivity index (χ0) is 45.9. The molecule has 7 unspecified atom stereocenters. The Balaban J connectivity index is 2.20. The average Bonchev–Trinajstić information content (AvgIpc) is 3.28. The van der Waals surface area contributed by atoms with Crippen molar-refractivity contribution in [3.05, 3.63) is 36.5 Å². The first-order valence-corrected chi connectivity index (χ1v) is 26.7. The Morgan fingerprint density at radius 3 is 1.37 bits per heavy atom. The third-order valence-electron chi connectivity index (χ3n) is 12.7. The largest absolute Gasteiger partial charge is 0.394 e. The third-order valence-corrected chi connectivity index (χ3v) is 12.7. The van der Waals surface area contributed by atoms with E-state index in [1.54, 1.807) is 6.08 Å². The molecule has 0 aromatic carbocycles. The van der Waals surface area contributed by atoms with Gasteiger partial charge in [0.05, 0.1) is 25.4 Å². The van der Waals surface area contributed by atoms with Gasteiger partial charge in [-0.05, 0) is 51.4 Å². The molecule has 1 heterocycles. The van der Waals surface area contributed by atoms with Crippen molar-refractivity contribution in [2.45, 2.75) is 288 Å². The molecule has 1 fully saturated rings. The fourth-order valence-electron chi connectivity index (χ4n) is 8.42. The predicted molar refractivity (Wildman–Crippen MR) is 263 cm³/mol. The van der Waals surface area contributed by atoms with Crippen molar-refractivity contribution in [1.29, 1.82) is 0 Å². The Bertz CT molecular complexity index is 1080. The van der Waals surface area contributed by atoms with E-state index in [9.17, 15) is 30.3 Å². The minimum absolute atomic E-state index is 0.176. The Hall–Kier alpha value is -1.59. The van der Waals surface area contributed by atoms with Crippen LogP contribution in [0.3, 0.4) is 0 Å². The summed E-state index contributed by atoms with van der Waals surface area (Å²) in [6.07, 6.45) is 49.2. The number of amides is 1. The number of allylic oxidation sites excluding steroid dienone is 5. The quantitative estimate of drug-likeness (QED) is 0.0261. The Morgan fingerprint density at radius 1 is 0.540 bits per heavy atom. The van der Waals surface area contributed by atoms with E-state index in [0.717, 1.165) is 44.9 Å². The van der Waals surface area contributed by atoms with E-state index >= 15 is 0 Å². The maximum absolute atomic E-state index is 13.0. The summed E-state index contributed by atoms with van der Waals surface area (Å²) in [5.74, 6) is -0.176. The summed E-state index contributed by atoms with van der Waals surface area (Å²) in [6.45, 7) is 3.77. The van der Waals surface area contributed by atoms with E-state index in [1.807, 2.05) is 6.08 Å². The summed E-state index contributed by atoms with van der Waals surface area (Å²) in [7, 11) is 0. The van der Waals surface area contributed by atoms with Crippen molar-refractivity contribution in [3.8, 4) is 0 Å². The number of nitrogens with one attached hydrogen (secondary N) is 1. The van der Waals surface area contributed by atoms with E-state index in [1.165, 1.54) is 180 Å². The highest BCUT2D eigenvalue weighted by molar-refractivity contribution is 5.76. The molecule has 1 aliphatic rings. The third kappa shape index (κ3) is 34.4. The van der Waals surface area contributed by atoms with Gasteiger partial charge in [-0.15, -0.1) is 0 Å². The SMILES string of the molecule is CCCCCCC/C=C\C/C=C\CCCCCCCCCCCCCCCCCC(=O)NC(COC1OC(CO)C(O)C(O)C1O)C(O)/C=C/CCCCCCCCCCCCC. The van der Waals surface area contributed by atoms with Gasteiger partial charge >= 0.3 is 0 Å². The van der Waals surface area contributed by atoms with E-state index in [0.29, 0.717) is 6.42 Å². The molecule has 370 valence electrons. The first kappa shape index (κ1) is 59.4. The summed E-state index contributed by atoms with van der Waals surface area (Å²) >= 11 is 0. The minimum atomic E-state index is -1.56. The van der Waals surface area contributed by atoms with Crippen LogP contribution in [-0.2, 0) is 14.3 Å². The van der Waals surface area contributed by atoms with Crippen molar-refractivity contribution >= 4 is 5.91 Å². The van der Waals surface area contributed by atoms with Crippen molar-refractivity contribution in [3.63, 3.8) is 0 Å². The topological polar surface area (TPSA) is 149 Å². The van der Waals surface area contributed by atoms with Crippen LogP contribution in [0.4, 0.5) is 0 Å². The summed E-state index contributed by atoms with van der Waals surface area (Å²) < 4.78 is 11.2. The van der Waals surface area contributed by atoms with Gasteiger partial charge in [0, 0.05) is 6.42 Å². The molecule has 1 amide bonds. The van der Waals surface area contributed by atoms with Crippen LogP contribution >= 0.6 is 0 Å². The number of unbranched alkanes of at least 4 members (excludes halogenated alkanes) is 31. The van der Waals surface area contributed by atoms with Crippen LogP contribution in [0.25, 0.3) is 0 Å². The lowest BCUT2D eigenvalue weighted by Crippen LogP contribution is -2.60. The molecule has 6 N–H and O–H groups in total. The van der Waals surface area contributed by atoms with Crippen molar-refractivity contribution in [2.24, 2.45) is 0 Å². The number of carbonyl (C=O) groups excluding carboxylic acids is 1. The number of hydrogen-bond acceptors (Lipinski definition) is 8. The number of hydrogen-bond donors (Lipinski definition) is 6. The lowest BCUT2D eigenvalue weighted by Gasteiger charge is -2.40. The van der Waals surface area contributed by atoms with Gasteiger partial charge in [0.25, 0.3) is 0 Å². The number of aliphatic hydroxyl groups excluding tert-OH is 5. The first-order chi connectivity index (χ1) is 30.8. The second-order valence-corrected chi connectivity index (χ2v) is 18.7. The Morgan fingerprint density at radius 2 is 0.937 bits per heavy atom. The highest BCUT2D eigenvalue weighted by atomic mass is 16.7. The fourth-order valence-corrected chi connectivity index (χ4v) is 8.42. The Kier molecular flexibility index (Phi) is 41.7. The molecule has 7 atom stereocenters. The molecule has 0 radical (unpaired) electrons. The van der Waals surface area contributed by atoms with Crippen LogP contribution in [0.5, 0.6) is 0 Å². The number of rotatable bonds is 45. The van der Waals surface area contributed by atoms with Gasteiger partial charge in [-0.25, -0.2) is 0 Å². The lowest BCUT2D eigenvalue weighted by atomic mass is 9.99. The van der Waals surface area contributed by atoms with Gasteiger partial charge in [-0.1, -0.05) is 224 Å². The highest BCUT2D eigenvalue weighted by Crippen LogP contribution is 2.23. The zero-order valence-electron chi connectivity index (χ0n) is 40.8. The van der Waals surface area contributed by atoms with Crippen LogP contribution in [0, 0.1) is 0 Å². The molecule has 63 heavy (non-hydrogen) atoms. The minimum Gasteiger partial charge on any atom is -0.394 e. The van der Waals surface area contributed by atoms with Gasteiger partial charge in [0.15, 0.2) is 6.29 Å². The molecule has 0 bridgehead atoms. The van der Waals surface area contributed by atoms with E-state index in [4.69, 9.17) is 9.47 Å². The van der Waals surface area contributed by atoms with E-state index in [2.05, 4.69) is 43.5 Å². The molecule has 1 aliphatic heterocycles. The molecule has 9 nitrogen and oxygen atoms in total. The summed E-state index contributed by atoms with van der Waals surface area (Å²) in [6, 6.07) is -0.803. The molecule has 1 saturated heterocycles. The zero-order valence-corrected chi connectivity index (χ0v) is 40.8. The molecule has 9 heteroatoms. The highest BCUT2D eigenvalue weighted by Gasteiger charge is 2.44. The van der Waals surface area contributed by atoms with Gasteiger partial charge in [0.2, 0.25) is 5.91 Å². The maximum Gasteiger partial charge on any atom is 0.220 e.